The zero-order valence-corrected chi connectivity index (χ0v) is 12.7. The van der Waals surface area contributed by atoms with Gasteiger partial charge in [0.25, 0.3) is 11.2 Å². The summed E-state index contributed by atoms with van der Waals surface area (Å²) in [5.41, 5.74) is -0.281. The summed E-state index contributed by atoms with van der Waals surface area (Å²) in [5, 5.41) is 13.3. The first-order chi connectivity index (χ1) is 11.9. The first-order valence-corrected chi connectivity index (χ1v) is 7.13. The molecule has 0 aliphatic heterocycles. The third-order valence-corrected chi connectivity index (χ3v) is 3.44. The number of nitrogens with zero attached hydrogens (tertiary/aromatic N) is 3. The van der Waals surface area contributed by atoms with Gasteiger partial charge in [0.2, 0.25) is 5.91 Å². The molecule has 0 spiro atoms. The van der Waals surface area contributed by atoms with Crippen LogP contribution in [0.2, 0.25) is 0 Å². The number of nitro groups is 1. The minimum absolute atomic E-state index is 0.0373. The average Bonchev–Trinajstić information content (AvgIpc) is 2.57. The Balaban J connectivity index is 1.88. The van der Waals surface area contributed by atoms with Gasteiger partial charge < -0.3 is 5.32 Å². The summed E-state index contributed by atoms with van der Waals surface area (Å²) in [7, 11) is 0. The highest BCUT2D eigenvalue weighted by Gasteiger charge is 2.12. The second kappa shape index (κ2) is 6.48. The topological polar surface area (TPSA) is 107 Å². The van der Waals surface area contributed by atoms with Gasteiger partial charge >= 0.3 is 0 Å². The van der Waals surface area contributed by atoms with E-state index in [9.17, 15) is 24.1 Å². The van der Waals surface area contributed by atoms with E-state index in [4.69, 9.17) is 0 Å². The molecule has 0 aliphatic carbocycles. The lowest BCUT2D eigenvalue weighted by Crippen LogP contribution is -2.28. The molecule has 0 fully saturated rings. The minimum Gasteiger partial charge on any atom is -0.324 e. The van der Waals surface area contributed by atoms with Crippen molar-refractivity contribution < 1.29 is 14.1 Å². The molecule has 1 amide bonds. The number of aromatic nitrogens is 2. The second-order valence-corrected chi connectivity index (χ2v) is 5.19. The number of non-ortho nitro benzene ring substituents is 1. The molecule has 8 nitrogen and oxygen atoms in total. The third kappa shape index (κ3) is 3.50. The molecule has 0 bridgehead atoms. The Morgan fingerprint density at radius 1 is 1.28 bits per heavy atom. The normalized spacial score (nSPS) is 10.6. The van der Waals surface area contributed by atoms with E-state index in [0.29, 0.717) is 0 Å². The van der Waals surface area contributed by atoms with Gasteiger partial charge in [0.15, 0.2) is 0 Å². The van der Waals surface area contributed by atoms with Gasteiger partial charge in [-0.1, -0.05) is 6.07 Å². The fourth-order valence-electron chi connectivity index (χ4n) is 2.29. The molecule has 1 heterocycles. The van der Waals surface area contributed by atoms with Crippen LogP contribution in [0, 0.1) is 15.9 Å². The maximum absolute atomic E-state index is 13.1. The van der Waals surface area contributed by atoms with Crippen LogP contribution in [0.4, 0.5) is 15.8 Å². The van der Waals surface area contributed by atoms with Gasteiger partial charge in [-0.3, -0.25) is 24.3 Å². The molecule has 0 unspecified atom stereocenters. The van der Waals surface area contributed by atoms with Crippen LogP contribution in [0.15, 0.2) is 53.6 Å². The van der Waals surface area contributed by atoms with Crippen molar-refractivity contribution in [1.29, 1.82) is 0 Å². The predicted octanol–water partition coefficient (Wildman–Crippen LogP) is 2.08. The maximum Gasteiger partial charge on any atom is 0.270 e. The van der Waals surface area contributed by atoms with Gasteiger partial charge in [0.05, 0.1) is 22.2 Å². The van der Waals surface area contributed by atoms with Gasteiger partial charge in [0, 0.05) is 17.8 Å². The van der Waals surface area contributed by atoms with Crippen molar-refractivity contribution in [1.82, 2.24) is 9.55 Å². The summed E-state index contributed by atoms with van der Waals surface area (Å²) in [4.78, 5) is 38.7. The molecule has 126 valence electrons. The number of nitrogens with one attached hydrogen (secondary N) is 1. The van der Waals surface area contributed by atoms with Crippen LogP contribution in [-0.4, -0.2) is 20.4 Å². The SMILES string of the molecule is O=C(Cn1cnc2ccc([N+](=O)[O-])cc2c1=O)Nc1cccc(F)c1. The number of hydrogen-bond donors (Lipinski definition) is 1. The molecular weight excluding hydrogens is 331 g/mol. The van der Waals surface area contributed by atoms with Gasteiger partial charge in [-0.05, 0) is 24.3 Å². The fourth-order valence-corrected chi connectivity index (χ4v) is 2.29. The highest BCUT2D eigenvalue weighted by molar-refractivity contribution is 5.90. The Morgan fingerprint density at radius 2 is 2.08 bits per heavy atom. The average molecular weight is 342 g/mol. The van der Waals surface area contributed by atoms with E-state index in [2.05, 4.69) is 10.3 Å². The molecule has 1 N–H and O–H groups in total. The number of halogens is 1. The summed E-state index contributed by atoms with van der Waals surface area (Å²) in [6.07, 6.45) is 1.18. The monoisotopic (exact) mass is 342 g/mol. The first-order valence-electron chi connectivity index (χ1n) is 7.13. The Morgan fingerprint density at radius 3 is 2.80 bits per heavy atom. The van der Waals surface area contributed by atoms with Crippen LogP contribution in [0.1, 0.15) is 0 Å². The Labute approximate surface area is 139 Å². The lowest BCUT2D eigenvalue weighted by molar-refractivity contribution is -0.384. The number of benzene rings is 2. The Bertz CT molecular complexity index is 1050. The number of carbonyl (C=O) groups excluding carboxylic acids is 1. The van der Waals surface area contributed by atoms with E-state index in [1.54, 1.807) is 0 Å². The van der Waals surface area contributed by atoms with Gasteiger partial charge in [-0.15, -0.1) is 0 Å². The van der Waals surface area contributed by atoms with E-state index < -0.39 is 22.2 Å². The van der Waals surface area contributed by atoms with Crippen LogP contribution in [0.25, 0.3) is 10.9 Å². The van der Waals surface area contributed by atoms with Gasteiger partial charge in [0.1, 0.15) is 12.4 Å². The molecule has 25 heavy (non-hydrogen) atoms. The highest BCUT2D eigenvalue weighted by atomic mass is 19.1. The van der Waals surface area contributed by atoms with Crippen molar-refractivity contribution in [2.24, 2.45) is 0 Å². The number of amides is 1. The quantitative estimate of drug-likeness (QED) is 0.577. The molecule has 3 aromatic rings. The van der Waals surface area contributed by atoms with Crippen LogP contribution in [0.3, 0.4) is 0 Å². The standard InChI is InChI=1S/C16H11FN4O4/c17-10-2-1-3-11(6-10)19-15(22)8-20-9-18-14-5-4-12(21(24)25)7-13(14)16(20)23/h1-7,9H,8H2,(H,19,22). The zero-order chi connectivity index (χ0) is 18.0. The summed E-state index contributed by atoms with van der Waals surface area (Å²) in [6.45, 7) is -0.360. The molecule has 0 radical (unpaired) electrons. The molecular formula is C16H11FN4O4. The summed E-state index contributed by atoms with van der Waals surface area (Å²) >= 11 is 0. The molecule has 9 heteroatoms. The molecule has 0 saturated carbocycles. The molecule has 2 aromatic carbocycles. The smallest absolute Gasteiger partial charge is 0.270 e. The number of anilines is 1. The Hall–Kier alpha value is -3.62. The molecule has 3 rings (SSSR count). The highest BCUT2D eigenvalue weighted by Crippen LogP contribution is 2.16. The maximum atomic E-state index is 13.1. The van der Waals surface area contributed by atoms with E-state index in [1.165, 1.54) is 36.7 Å². The van der Waals surface area contributed by atoms with Crippen LogP contribution >= 0.6 is 0 Å². The van der Waals surface area contributed by atoms with Crippen LogP contribution in [0.5, 0.6) is 0 Å². The minimum atomic E-state index is -0.618. The van der Waals surface area contributed by atoms with Crippen molar-refractivity contribution in [3.05, 3.63) is 75.1 Å². The lowest BCUT2D eigenvalue weighted by Gasteiger charge is -2.08. The summed E-state index contributed by atoms with van der Waals surface area (Å²) < 4.78 is 14.1. The number of carbonyl (C=O) groups is 1. The van der Waals surface area contributed by atoms with E-state index >= 15 is 0 Å². The molecule has 0 atom stereocenters. The zero-order valence-electron chi connectivity index (χ0n) is 12.7. The van der Waals surface area contributed by atoms with Crippen molar-refractivity contribution in [3.63, 3.8) is 0 Å². The number of fused-ring (bicyclic) bond motifs is 1. The lowest BCUT2D eigenvalue weighted by atomic mass is 10.2. The predicted molar refractivity (Wildman–Crippen MR) is 87.7 cm³/mol. The van der Waals surface area contributed by atoms with Gasteiger partial charge in [-0.25, -0.2) is 9.37 Å². The third-order valence-electron chi connectivity index (χ3n) is 3.44. The van der Waals surface area contributed by atoms with Crippen LogP contribution < -0.4 is 10.9 Å². The van der Waals surface area contributed by atoms with Crippen molar-refractivity contribution >= 4 is 28.2 Å². The second-order valence-electron chi connectivity index (χ2n) is 5.19. The van der Waals surface area contributed by atoms with E-state index in [1.807, 2.05) is 0 Å². The van der Waals surface area contributed by atoms with Gasteiger partial charge in [-0.2, -0.15) is 0 Å². The number of hydrogen-bond acceptors (Lipinski definition) is 5. The number of rotatable bonds is 4. The largest absolute Gasteiger partial charge is 0.324 e. The molecule has 0 aliphatic rings. The van der Waals surface area contributed by atoms with Crippen molar-refractivity contribution in [2.45, 2.75) is 6.54 Å². The number of nitro benzene ring substituents is 1. The Kier molecular flexibility index (Phi) is 4.21. The van der Waals surface area contributed by atoms with Crippen LogP contribution in [-0.2, 0) is 11.3 Å². The fraction of sp³-hybridized carbons (Fsp3) is 0.0625. The molecule has 0 saturated heterocycles. The summed E-state index contributed by atoms with van der Waals surface area (Å²) in [5.74, 6) is -1.06. The van der Waals surface area contributed by atoms with Crippen molar-refractivity contribution in [2.75, 3.05) is 5.32 Å². The summed E-state index contributed by atoms with van der Waals surface area (Å²) in [6, 6.07) is 9.05. The van der Waals surface area contributed by atoms with Crippen molar-refractivity contribution in [3.8, 4) is 0 Å². The van der Waals surface area contributed by atoms with E-state index in [0.717, 1.165) is 16.7 Å². The molecule has 1 aromatic heterocycles. The van der Waals surface area contributed by atoms with E-state index in [-0.39, 0.29) is 28.8 Å². The first kappa shape index (κ1) is 16.2.